The van der Waals surface area contributed by atoms with Crippen molar-refractivity contribution in [2.75, 3.05) is 26.7 Å². The van der Waals surface area contributed by atoms with Crippen LogP contribution in [0, 0.1) is 5.92 Å². The Morgan fingerprint density at radius 1 is 1.61 bits per heavy atom. The quantitative estimate of drug-likeness (QED) is 0.902. The van der Waals surface area contributed by atoms with Crippen molar-refractivity contribution in [2.24, 2.45) is 5.92 Å². The van der Waals surface area contributed by atoms with Crippen LogP contribution in [0.2, 0.25) is 0 Å². The third-order valence-electron chi connectivity index (χ3n) is 3.13. The number of nitrogens with one attached hydrogen (secondary N) is 1. The lowest BCUT2D eigenvalue weighted by molar-refractivity contribution is 0.264. The lowest BCUT2D eigenvalue weighted by atomic mass is 10.00. The summed E-state index contributed by atoms with van der Waals surface area (Å²) in [5.74, 6) is 0.414. The Balaban J connectivity index is 2.18. The summed E-state index contributed by atoms with van der Waals surface area (Å²) in [5.41, 5.74) is 0. The van der Waals surface area contributed by atoms with Crippen molar-refractivity contribution in [3.8, 4) is 0 Å². The number of sulfonamides is 1. The Morgan fingerprint density at radius 3 is 3.00 bits per heavy atom. The van der Waals surface area contributed by atoms with Gasteiger partial charge in [-0.1, -0.05) is 0 Å². The van der Waals surface area contributed by atoms with Gasteiger partial charge in [0.1, 0.15) is 4.21 Å². The van der Waals surface area contributed by atoms with Gasteiger partial charge in [-0.3, -0.25) is 0 Å². The fourth-order valence-electron chi connectivity index (χ4n) is 2.28. The minimum Gasteiger partial charge on any atom is -0.319 e. The molecule has 0 unspecified atom stereocenters. The first kappa shape index (κ1) is 14.5. The molecular formula is C11H17BrN2O2S2. The first-order valence-corrected chi connectivity index (χ1v) is 9.04. The van der Waals surface area contributed by atoms with Gasteiger partial charge in [0.2, 0.25) is 0 Å². The first-order valence-electron chi connectivity index (χ1n) is 5.93. The van der Waals surface area contributed by atoms with E-state index in [0.29, 0.717) is 27.7 Å². The molecule has 7 heteroatoms. The van der Waals surface area contributed by atoms with Crippen molar-refractivity contribution >= 4 is 37.3 Å². The van der Waals surface area contributed by atoms with Crippen molar-refractivity contribution in [1.29, 1.82) is 0 Å². The maximum absolute atomic E-state index is 12.5. The molecule has 4 nitrogen and oxygen atoms in total. The van der Waals surface area contributed by atoms with Crippen LogP contribution in [-0.4, -0.2) is 39.4 Å². The Kier molecular flexibility index (Phi) is 4.82. The maximum Gasteiger partial charge on any atom is 0.253 e. The number of hydrogen-bond donors (Lipinski definition) is 1. The van der Waals surface area contributed by atoms with Crippen LogP contribution in [0.3, 0.4) is 0 Å². The summed E-state index contributed by atoms with van der Waals surface area (Å²) in [4.78, 5) is 0. The summed E-state index contributed by atoms with van der Waals surface area (Å²) < 4.78 is 27.7. The zero-order chi connectivity index (χ0) is 13.2. The predicted octanol–water partition coefficient (Wildman–Crippen LogP) is 2.13. The number of halogens is 1. The van der Waals surface area contributed by atoms with Crippen LogP contribution >= 0.6 is 27.3 Å². The van der Waals surface area contributed by atoms with E-state index in [2.05, 4.69) is 21.2 Å². The van der Waals surface area contributed by atoms with Crippen molar-refractivity contribution in [3.63, 3.8) is 0 Å². The largest absolute Gasteiger partial charge is 0.319 e. The van der Waals surface area contributed by atoms with Crippen LogP contribution < -0.4 is 5.32 Å². The molecule has 102 valence electrons. The van der Waals surface area contributed by atoms with Crippen LogP contribution in [0.15, 0.2) is 20.1 Å². The Morgan fingerprint density at radius 2 is 2.39 bits per heavy atom. The Bertz CT molecular complexity index is 499. The van der Waals surface area contributed by atoms with Gasteiger partial charge in [0.15, 0.2) is 0 Å². The highest BCUT2D eigenvalue weighted by molar-refractivity contribution is 9.10. The number of piperidine rings is 1. The fourth-order valence-corrected chi connectivity index (χ4v) is 6.29. The van der Waals surface area contributed by atoms with E-state index in [1.54, 1.807) is 15.8 Å². The number of rotatable bonds is 4. The van der Waals surface area contributed by atoms with Crippen molar-refractivity contribution in [2.45, 2.75) is 17.1 Å². The van der Waals surface area contributed by atoms with Gasteiger partial charge in [-0.25, -0.2) is 8.42 Å². The third-order valence-corrected chi connectivity index (χ3v) is 7.65. The standard InChI is InChI=1S/C11H17BrN2O2S2/c1-13-7-9-3-2-5-14(8-9)18(15,16)11-10(12)4-6-17-11/h4,6,9,13H,2-3,5,7-8H2,1H3/t9-/m1/s1. The molecule has 2 heterocycles. The molecule has 0 aliphatic carbocycles. The topological polar surface area (TPSA) is 49.4 Å². The van der Waals surface area contributed by atoms with Crippen LogP contribution in [0.25, 0.3) is 0 Å². The van der Waals surface area contributed by atoms with Crippen LogP contribution in [0.5, 0.6) is 0 Å². The van der Waals surface area contributed by atoms with Crippen LogP contribution in [0.4, 0.5) is 0 Å². The van der Waals surface area contributed by atoms with Crippen LogP contribution in [-0.2, 0) is 10.0 Å². The highest BCUT2D eigenvalue weighted by atomic mass is 79.9. The summed E-state index contributed by atoms with van der Waals surface area (Å²) in [6, 6.07) is 1.78. The molecular weight excluding hydrogens is 336 g/mol. The van der Waals surface area contributed by atoms with E-state index in [1.165, 1.54) is 11.3 Å². The summed E-state index contributed by atoms with van der Waals surface area (Å²) in [7, 11) is -1.42. The minimum absolute atomic E-state index is 0.414. The number of nitrogens with zero attached hydrogens (tertiary/aromatic N) is 1. The van der Waals surface area contributed by atoms with E-state index in [4.69, 9.17) is 0 Å². The van der Waals surface area contributed by atoms with E-state index >= 15 is 0 Å². The molecule has 2 rings (SSSR count). The normalized spacial score (nSPS) is 22.2. The molecule has 0 bridgehead atoms. The molecule has 1 fully saturated rings. The van der Waals surface area contributed by atoms with Gasteiger partial charge in [0, 0.05) is 17.6 Å². The predicted molar refractivity (Wildman–Crippen MR) is 77.4 cm³/mol. The van der Waals surface area contributed by atoms with Crippen molar-refractivity contribution in [3.05, 3.63) is 15.9 Å². The van der Waals surface area contributed by atoms with Crippen molar-refractivity contribution in [1.82, 2.24) is 9.62 Å². The second-order valence-corrected chi connectivity index (χ2v) is 8.39. The molecule has 0 saturated carbocycles. The monoisotopic (exact) mass is 352 g/mol. The molecule has 1 aromatic heterocycles. The Labute approximate surface area is 121 Å². The second-order valence-electron chi connectivity index (χ2n) is 4.48. The van der Waals surface area contributed by atoms with E-state index in [-0.39, 0.29) is 0 Å². The molecule has 0 aromatic carbocycles. The van der Waals surface area contributed by atoms with Gasteiger partial charge in [0.05, 0.1) is 0 Å². The molecule has 0 radical (unpaired) electrons. The Hall–Kier alpha value is 0.0500. The van der Waals surface area contributed by atoms with Gasteiger partial charge in [-0.2, -0.15) is 4.31 Å². The maximum atomic E-state index is 12.5. The molecule has 0 spiro atoms. The molecule has 1 aliphatic rings. The van der Waals surface area contributed by atoms with Gasteiger partial charge >= 0.3 is 0 Å². The molecule has 1 aromatic rings. The van der Waals surface area contributed by atoms with Gasteiger partial charge < -0.3 is 5.32 Å². The fraction of sp³-hybridized carbons (Fsp3) is 0.636. The van der Waals surface area contributed by atoms with Gasteiger partial charge in [-0.15, -0.1) is 11.3 Å². The lowest BCUT2D eigenvalue weighted by Gasteiger charge is -2.31. The molecule has 0 amide bonds. The minimum atomic E-state index is -3.32. The summed E-state index contributed by atoms with van der Waals surface area (Å²) in [6.45, 7) is 2.12. The van der Waals surface area contributed by atoms with Gasteiger partial charge in [0.25, 0.3) is 10.0 Å². The molecule has 18 heavy (non-hydrogen) atoms. The van der Waals surface area contributed by atoms with Gasteiger partial charge in [-0.05, 0) is 59.7 Å². The molecule has 1 N–H and O–H groups in total. The van der Waals surface area contributed by atoms with E-state index in [1.807, 2.05) is 7.05 Å². The van der Waals surface area contributed by atoms with Crippen LogP contribution in [0.1, 0.15) is 12.8 Å². The highest BCUT2D eigenvalue weighted by Gasteiger charge is 2.31. The second kappa shape index (κ2) is 6.00. The number of thiophene rings is 1. The van der Waals surface area contributed by atoms with E-state index in [0.717, 1.165) is 19.4 Å². The molecule has 1 atom stereocenters. The zero-order valence-corrected chi connectivity index (χ0v) is 13.4. The summed E-state index contributed by atoms with van der Waals surface area (Å²) in [5, 5.41) is 4.93. The van der Waals surface area contributed by atoms with Crippen molar-refractivity contribution < 1.29 is 8.42 Å². The zero-order valence-electron chi connectivity index (χ0n) is 10.2. The summed E-state index contributed by atoms with van der Waals surface area (Å²) in [6.07, 6.45) is 2.03. The average molecular weight is 353 g/mol. The van der Waals surface area contributed by atoms with E-state index < -0.39 is 10.0 Å². The SMILES string of the molecule is CNC[C@H]1CCCN(S(=O)(=O)c2sccc2Br)C1. The highest BCUT2D eigenvalue weighted by Crippen LogP contribution is 2.32. The first-order chi connectivity index (χ1) is 8.55. The smallest absolute Gasteiger partial charge is 0.253 e. The lowest BCUT2D eigenvalue weighted by Crippen LogP contribution is -2.42. The third kappa shape index (κ3) is 2.96. The molecule has 1 aliphatic heterocycles. The summed E-state index contributed by atoms with van der Waals surface area (Å²) >= 11 is 4.58. The van der Waals surface area contributed by atoms with E-state index in [9.17, 15) is 8.42 Å². The number of hydrogen-bond acceptors (Lipinski definition) is 4. The average Bonchev–Trinajstić information content (AvgIpc) is 2.77. The molecule has 1 saturated heterocycles.